The number of hydrogen-bond acceptors (Lipinski definition) is 3. The topological polar surface area (TPSA) is 108 Å². The molecule has 98 valence electrons. The van der Waals surface area contributed by atoms with Crippen molar-refractivity contribution in [2.75, 3.05) is 5.75 Å². The first-order chi connectivity index (χ1) is 7.90. The van der Waals surface area contributed by atoms with Crippen molar-refractivity contribution in [1.29, 1.82) is 0 Å². The molecule has 0 saturated heterocycles. The smallest absolute Gasteiger partial charge is 0.360 e. The summed E-state index contributed by atoms with van der Waals surface area (Å²) in [4.78, 5) is 2.82. The minimum atomic E-state index is -3.77. The maximum absolute atomic E-state index is 11.8. The molecular weight excluding hydrogens is 264 g/mol. The monoisotopic (exact) mass is 280 g/mol. The SMILES string of the molecule is CCS(=O)(=O)C(=[N+]=[N-])C1(S(=O)O)CCCCC1. The van der Waals surface area contributed by atoms with Gasteiger partial charge in [0.2, 0.25) is 0 Å². The Morgan fingerprint density at radius 1 is 1.41 bits per heavy atom. The molecule has 1 rings (SSSR count). The van der Waals surface area contributed by atoms with Crippen molar-refractivity contribution in [2.45, 2.75) is 43.8 Å². The summed E-state index contributed by atoms with van der Waals surface area (Å²) in [7, 11) is -3.77. The molecule has 1 saturated carbocycles. The van der Waals surface area contributed by atoms with Gasteiger partial charge in [-0.25, -0.2) is 12.6 Å². The van der Waals surface area contributed by atoms with Crippen molar-refractivity contribution in [3.05, 3.63) is 5.53 Å². The van der Waals surface area contributed by atoms with Crippen LogP contribution >= 0.6 is 0 Å². The van der Waals surface area contributed by atoms with Crippen LogP contribution in [0.1, 0.15) is 39.0 Å². The molecule has 8 heteroatoms. The highest BCUT2D eigenvalue weighted by atomic mass is 32.2. The molecule has 0 aromatic heterocycles. The van der Waals surface area contributed by atoms with E-state index in [4.69, 9.17) is 5.53 Å². The fourth-order valence-corrected chi connectivity index (χ4v) is 4.75. The van der Waals surface area contributed by atoms with Crippen LogP contribution in [0.15, 0.2) is 0 Å². The lowest BCUT2D eigenvalue weighted by Crippen LogP contribution is -2.49. The van der Waals surface area contributed by atoms with Crippen LogP contribution < -0.4 is 0 Å². The Labute approximate surface area is 103 Å². The third-order valence-corrected chi connectivity index (χ3v) is 6.37. The molecule has 0 heterocycles. The first-order valence-corrected chi connectivity index (χ1v) is 8.23. The van der Waals surface area contributed by atoms with Gasteiger partial charge >= 0.3 is 5.04 Å². The van der Waals surface area contributed by atoms with Gasteiger partial charge in [0.25, 0.3) is 9.84 Å². The zero-order valence-corrected chi connectivity index (χ0v) is 11.3. The molecule has 1 atom stereocenters. The second-order valence-electron chi connectivity index (χ2n) is 4.11. The van der Waals surface area contributed by atoms with E-state index in [1.165, 1.54) is 6.92 Å². The predicted octanol–water partition coefficient (Wildman–Crippen LogP) is 0.974. The molecule has 1 aliphatic carbocycles. The molecule has 0 aliphatic heterocycles. The van der Waals surface area contributed by atoms with Crippen LogP contribution in [-0.2, 0) is 20.9 Å². The Kier molecular flexibility index (Phi) is 4.60. The normalized spacial score (nSPS) is 21.5. The summed E-state index contributed by atoms with van der Waals surface area (Å²) in [5, 5.41) is -0.534. The van der Waals surface area contributed by atoms with Crippen molar-refractivity contribution in [3.8, 4) is 0 Å². The molecular formula is C9H16N2O4S2. The molecule has 0 bridgehead atoms. The lowest BCUT2D eigenvalue weighted by molar-refractivity contribution is -0.00755. The maximum atomic E-state index is 11.8. The fraction of sp³-hybridized carbons (Fsp3) is 0.889. The summed E-state index contributed by atoms with van der Waals surface area (Å²) in [5.41, 5.74) is 8.92. The number of nitrogens with zero attached hydrogens (tertiary/aromatic N) is 2. The second kappa shape index (κ2) is 5.39. The second-order valence-corrected chi connectivity index (χ2v) is 7.59. The van der Waals surface area contributed by atoms with Gasteiger partial charge < -0.3 is 10.1 Å². The first-order valence-electron chi connectivity index (χ1n) is 5.47. The first kappa shape index (κ1) is 14.5. The zero-order chi connectivity index (χ0) is 13.1. The van der Waals surface area contributed by atoms with Crippen LogP contribution in [0.25, 0.3) is 5.53 Å². The van der Waals surface area contributed by atoms with E-state index in [1.54, 1.807) is 0 Å². The Balaban J connectivity index is 3.32. The Hall–Kier alpha value is -0.560. The fourth-order valence-electron chi connectivity index (χ4n) is 2.16. The maximum Gasteiger partial charge on any atom is 0.402 e. The highest BCUT2D eigenvalue weighted by Crippen LogP contribution is 2.35. The van der Waals surface area contributed by atoms with Crippen LogP contribution in [0.2, 0.25) is 0 Å². The lowest BCUT2D eigenvalue weighted by Gasteiger charge is -2.28. The molecule has 6 nitrogen and oxygen atoms in total. The van der Waals surface area contributed by atoms with E-state index in [0.717, 1.165) is 6.42 Å². The molecule has 0 aromatic rings. The van der Waals surface area contributed by atoms with Gasteiger partial charge in [0.05, 0.1) is 5.75 Å². The van der Waals surface area contributed by atoms with E-state index in [0.29, 0.717) is 12.8 Å². The molecule has 0 amide bonds. The molecule has 0 aromatic carbocycles. The van der Waals surface area contributed by atoms with Gasteiger partial charge in [-0.2, -0.15) is 4.79 Å². The minimum Gasteiger partial charge on any atom is -0.360 e. The predicted molar refractivity (Wildman–Crippen MR) is 64.7 cm³/mol. The lowest BCUT2D eigenvalue weighted by atomic mass is 9.89. The Morgan fingerprint density at radius 3 is 2.29 bits per heavy atom. The highest BCUT2D eigenvalue weighted by Gasteiger charge is 2.54. The minimum absolute atomic E-state index is 0.245. The quantitative estimate of drug-likeness (QED) is 0.273. The summed E-state index contributed by atoms with van der Waals surface area (Å²) in [6.07, 6.45) is 2.72. The molecule has 0 spiro atoms. The highest BCUT2D eigenvalue weighted by molar-refractivity contribution is 8.07. The Morgan fingerprint density at radius 2 is 1.94 bits per heavy atom. The summed E-state index contributed by atoms with van der Waals surface area (Å²) >= 11 is -2.36. The van der Waals surface area contributed by atoms with Crippen LogP contribution in [0.4, 0.5) is 0 Å². The van der Waals surface area contributed by atoms with Gasteiger partial charge in [0.1, 0.15) is 0 Å². The van der Waals surface area contributed by atoms with E-state index in [2.05, 4.69) is 4.79 Å². The summed E-state index contributed by atoms with van der Waals surface area (Å²) in [6, 6.07) is 0. The van der Waals surface area contributed by atoms with Gasteiger partial charge in [-0.15, -0.1) is 0 Å². The van der Waals surface area contributed by atoms with Gasteiger partial charge in [-0.1, -0.05) is 26.2 Å². The number of rotatable bonds is 3. The third-order valence-electron chi connectivity index (χ3n) is 3.15. The van der Waals surface area contributed by atoms with Crippen molar-refractivity contribution in [1.82, 2.24) is 0 Å². The van der Waals surface area contributed by atoms with Crippen LogP contribution in [0, 0.1) is 0 Å². The van der Waals surface area contributed by atoms with Crippen molar-refractivity contribution in [3.63, 3.8) is 0 Å². The van der Waals surface area contributed by atoms with Gasteiger partial charge in [0, 0.05) is 0 Å². The van der Waals surface area contributed by atoms with Crippen LogP contribution in [0.3, 0.4) is 0 Å². The largest absolute Gasteiger partial charge is 0.402 e. The van der Waals surface area contributed by atoms with E-state index in [-0.39, 0.29) is 18.6 Å². The standard InChI is InChI=1S/C9H16N2O4S2/c1-2-17(14,15)8(11-10)9(16(12)13)6-4-3-5-7-9/h2-7H2,1H3,(H,12,13). The molecule has 0 radical (unpaired) electrons. The summed E-state index contributed by atoms with van der Waals surface area (Å²) in [5.74, 6) is -0.245. The number of sulfone groups is 1. The summed E-state index contributed by atoms with van der Waals surface area (Å²) in [6.45, 7) is 1.41. The zero-order valence-electron chi connectivity index (χ0n) is 9.63. The average molecular weight is 280 g/mol. The van der Waals surface area contributed by atoms with Crippen LogP contribution in [-0.4, -0.2) is 37.5 Å². The van der Waals surface area contributed by atoms with E-state index in [1.807, 2.05) is 0 Å². The van der Waals surface area contributed by atoms with Gasteiger partial charge in [-0.05, 0) is 12.8 Å². The van der Waals surface area contributed by atoms with E-state index >= 15 is 0 Å². The molecule has 1 aliphatic rings. The van der Waals surface area contributed by atoms with Crippen molar-refractivity contribution >= 4 is 26.0 Å². The van der Waals surface area contributed by atoms with Gasteiger partial charge in [-0.3, -0.25) is 0 Å². The average Bonchev–Trinajstić information content (AvgIpc) is 2.30. The molecule has 1 unspecified atom stereocenters. The number of hydrogen-bond donors (Lipinski definition) is 1. The van der Waals surface area contributed by atoms with Gasteiger partial charge in [0.15, 0.2) is 15.8 Å². The van der Waals surface area contributed by atoms with E-state index < -0.39 is 30.7 Å². The van der Waals surface area contributed by atoms with Crippen molar-refractivity contribution < 1.29 is 22.0 Å². The van der Waals surface area contributed by atoms with Crippen LogP contribution in [0.5, 0.6) is 0 Å². The third kappa shape index (κ3) is 2.65. The summed E-state index contributed by atoms with van der Waals surface area (Å²) < 4.78 is 43.1. The molecule has 17 heavy (non-hydrogen) atoms. The molecule has 1 N–H and O–H groups in total. The molecule has 1 fully saturated rings. The van der Waals surface area contributed by atoms with Crippen molar-refractivity contribution in [2.24, 2.45) is 0 Å². The van der Waals surface area contributed by atoms with E-state index in [9.17, 15) is 17.2 Å². The Bertz CT molecular complexity index is 459.